The van der Waals surface area contributed by atoms with E-state index in [1.54, 1.807) is 0 Å². The van der Waals surface area contributed by atoms with Crippen LogP contribution < -0.4 is 5.56 Å². The van der Waals surface area contributed by atoms with Gasteiger partial charge >= 0.3 is 0 Å². The Kier molecular flexibility index (Phi) is 1.17. The van der Waals surface area contributed by atoms with Gasteiger partial charge in [-0.1, -0.05) is 0 Å². The van der Waals surface area contributed by atoms with Crippen molar-refractivity contribution in [2.75, 3.05) is 0 Å². The molecule has 0 aliphatic heterocycles. The minimum Gasteiger partial charge on any atom is -0.329 e. The molecular weight excluding hydrogens is 166 g/mol. The van der Waals surface area contributed by atoms with Gasteiger partial charge in [0.25, 0.3) is 5.56 Å². The average Bonchev–Trinajstić information content (AvgIpc) is 2.87. The number of H-pyrrole nitrogens is 1. The van der Waals surface area contributed by atoms with E-state index in [0.29, 0.717) is 11.4 Å². The molecule has 1 aliphatic carbocycles. The summed E-state index contributed by atoms with van der Waals surface area (Å²) in [5, 5.41) is 0.689. The lowest BCUT2D eigenvalue weighted by Crippen LogP contribution is -2.06. The summed E-state index contributed by atoms with van der Waals surface area (Å²) in [6.07, 6.45) is 5.82. The number of hydrogen-bond acceptors (Lipinski definition) is 2. The molecule has 4 nitrogen and oxygen atoms in total. The highest BCUT2D eigenvalue weighted by molar-refractivity contribution is 5.74. The fourth-order valence-electron chi connectivity index (χ4n) is 1.63. The molecule has 1 fully saturated rings. The first-order chi connectivity index (χ1) is 6.36. The molecule has 0 saturated heterocycles. The summed E-state index contributed by atoms with van der Waals surface area (Å²) < 4.78 is 2.09. The molecule has 0 spiro atoms. The largest absolute Gasteiger partial charge is 0.329 e. The predicted octanol–water partition coefficient (Wildman–Crippen LogP) is 1.06. The molecule has 1 aliphatic rings. The van der Waals surface area contributed by atoms with E-state index in [0.717, 1.165) is 5.65 Å². The van der Waals surface area contributed by atoms with Crippen molar-refractivity contribution in [3.63, 3.8) is 0 Å². The summed E-state index contributed by atoms with van der Waals surface area (Å²) in [4.78, 5) is 18.1. The van der Waals surface area contributed by atoms with Gasteiger partial charge < -0.3 is 9.55 Å². The van der Waals surface area contributed by atoms with Crippen molar-refractivity contribution in [3.05, 3.63) is 28.9 Å². The number of nitrogens with one attached hydrogen (secondary N) is 1. The lowest BCUT2D eigenvalue weighted by atomic mass is 10.4. The zero-order valence-electron chi connectivity index (χ0n) is 7.03. The van der Waals surface area contributed by atoms with E-state index in [9.17, 15) is 4.79 Å². The summed E-state index contributed by atoms with van der Waals surface area (Å²) in [6, 6.07) is 2.41. The van der Waals surface area contributed by atoms with Crippen molar-refractivity contribution in [3.8, 4) is 0 Å². The van der Waals surface area contributed by atoms with Gasteiger partial charge in [0.15, 0.2) is 0 Å². The van der Waals surface area contributed by atoms with Crippen molar-refractivity contribution >= 4 is 11.0 Å². The molecule has 2 aromatic heterocycles. The Bertz CT molecular complexity index is 507. The Morgan fingerprint density at radius 1 is 1.54 bits per heavy atom. The van der Waals surface area contributed by atoms with Crippen LogP contribution in [0, 0.1) is 0 Å². The van der Waals surface area contributed by atoms with Crippen LogP contribution in [0.4, 0.5) is 0 Å². The number of aromatic amines is 1. The molecule has 1 saturated carbocycles. The minimum absolute atomic E-state index is 0.0515. The van der Waals surface area contributed by atoms with E-state index in [1.807, 2.05) is 12.3 Å². The second-order valence-corrected chi connectivity index (χ2v) is 3.42. The standard InChI is InChI=1S/C9H9N3O/c13-9-7-3-4-12(6-1-2-6)8(7)10-5-11-9/h3-6H,1-2H2,(H,10,11,13). The molecule has 0 unspecified atom stereocenters. The number of rotatable bonds is 1. The van der Waals surface area contributed by atoms with Crippen LogP contribution in [-0.2, 0) is 0 Å². The molecule has 66 valence electrons. The van der Waals surface area contributed by atoms with Crippen molar-refractivity contribution < 1.29 is 0 Å². The Hall–Kier alpha value is -1.58. The third kappa shape index (κ3) is 0.915. The van der Waals surface area contributed by atoms with Crippen LogP contribution in [0.5, 0.6) is 0 Å². The van der Waals surface area contributed by atoms with Crippen LogP contribution in [0.2, 0.25) is 0 Å². The predicted molar refractivity (Wildman–Crippen MR) is 48.6 cm³/mol. The summed E-state index contributed by atoms with van der Waals surface area (Å²) in [5.41, 5.74) is 0.760. The Morgan fingerprint density at radius 2 is 2.38 bits per heavy atom. The second-order valence-electron chi connectivity index (χ2n) is 3.42. The van der Waals surface area contributed by atoms with Crippen LogP contribution in [0.3, 0.4) is 0 Å². The maximum Gasteiger partial charge on any atom is 0.260 e. The topological polar surface area (TPSA) is 50.7 Å². The normalized spacial score (nSPS) is 16.6. The molecule has 0 radical (unpaired) electrons. The van der Waals surface area contributed by atoms with Crippen molar-refractivity contribution in [1.82, 2.24) is 14.5 Å². The molecule has 0 bridgehead atoms. The van der Waals surface area contributed by atoms with Gasteiger partial charge in [-0.2, -0.15) is 0 Å². The summed E-state index contributed by atoms with van der Waals surface area (Å²) in [6.45, 7) is 0. The molecule has 0 atom stereocenters. The highest BCUT2D eigenvalue weighted by Crippen LogP contribution is 2.36. The van der Waals surface area contributed by atoms with Gasteiger partial charge in [0, 0.05) is 12.2 Å². The van der Waals surface area contributed by atoms with Gasteiger partial charge in [-0.3, -0.25) is 4.79 Å². The highest BCUT2D eigenvalue weighted by atomic mass is 16.1. The molecule has 2 aromatic rings. The molecule has 2 heterocycles. The lowest BCUT2D eigenvalue weighted by molar-refractivity contribution is 0.765. The first-order valence-corrected chi connectivity index (χ1v) is 4.40. The zero-order chi connectivity index (χ0) is 8.84. The van der Waals surface area contributed by atoms with Crippen LogP contribution in [0.25, 0.3) is 11.0 Å². The summed E-state index contributed by atoms with van der Waals surface area (Å²) in [5.74, 6) is 0. The molecule has 0 amide bonds. The first-order valence-electron chi connectivity index (χ1n) is 4.40. The molecule has 3 rings (SSSR count). The molecule has 1 N–H and O–H groups in total. The molecule has 0 aromatic carbocycles. The monoisotopic (exact) mass is 175 g/mol. The van der Waals surface area contributed by atoms with Gasteiger partial charge in [0.05, 0.1) is 11.7 Å². The van der Waals surface area contributed by atoms with Crippen LogP contribution in [0.15, 0.2) is 23.4 Å². The molecule has 13 heavy (non-hydrogen) atoms. The lowest BCUT2D eigenvalue weighted by Gasteiger charge is -1.98. The van der Waals surface area contributed by atoms with Crippen molar-refractivity contribution in [2.45, 2.75) is 18.9 Å². The maximum atomic E-state index is 11.3. The van der Waals surface area contributed by atoms with Gasteiger partial charge in [-0.05, 0) is 18.9 Å². The van der Waals surface area contributed by atoms with Gasteiger partial charge in [-0.25, -0.2) is 4.98 Å². The number of aromatic nitrogens is 3. The third-order valence-electron chi connectivity index (χ3n) is 2.45. The minimum atomic E-state index is -0.0515. The smallest absolute Gasteiger partial charge is 0.260 e. The Labute approximate surface area is 74.2 Å². The second kappa shape index (κ2) is 2.22. The van der Waals surface area contributed by atoms with E-state index < -0.39 is 0 Å². The van der Waals surface area contributed by atoms with E-state index in [1.165, 1.54) is 19.2 Å². The molecule has 4 heteroatoms. The van der Waals surface area contributed by atoms with Crippen LogP contribution >= 0.6 is 0 Å². The van der Waals surface area contributed by atoms with E-state index in [-0.39, 0.29) is 5.56 Å². The zero-order valence-corrected chi connectivity index (χ0v) is 7.03. The van der Waals surface area contributed by atoms with E-state index in [2.05, 4.69) is 14.5 Å². The fourth-order valence-corrected chi connectivity index (χ4v) is 1.63. The van der Waals surface area contributed by atoms with E-state index in [4.69, 9.17) is 0 Å². The fraction of sp³-hybridized carbons (Fsp3) is 0.333. The Morgan fingerprint density at radius 3 is 3.15 bits per heavy atom. The number of fused-ring (bicyclic) bond motifs is 1. The van der Waals surface area contributed by atoms with Gasteiger partial charge in [0.2, 0.25) is 0 Å². The molecular formula is C9H9N3O. The maximum absolute atomic E-state index is 11.3. The van der Waals surface area contributed by atoms with Gasteiger partial charge in [0.1, 0.15) is 5.65 Å². The van der Waals surface area contributed by atoms with Crippen molar-refractivity contribution in [2.24, 2.45) is 0 Å². The Balaban J connectivity index is 2.38. The summed E-state index contributed by atoms with van der Waals surface area (Å²) in [7, 11) is 0. The average molecular weight is 175 g/mol. The van der Waals surface area contributed by atoms with Crippen LogP contribution in [0.1, 0.15) is 18.9 Å². The SMILES string of the molecule is O=c1[nH]cnc2c1ccn2C1CC1. The van der Waals surface area contributed by atoms with Gasteiger partial charge in [-0.15, -0.1) is 0 Å². The first kappa shape index (κ1) is 6.88. The van der Waals surface area contributed by atoms with Crippen LogP contribution in [-0.4, -0.2) is 14.5 Å². The quantitative estimate of drug-likeness (QED) is 0.704. The third-order valence-corrected chi connectivity index (χ3v) is 2.45. The number of nitrogens with zero attached hydrogens (tertiary/aromatic N) is 2. The highest BCUT2D eigenvalue weighted by Gasteiger charge is 2.25. The summed E-state index contributed by atoms with van der Waals surface area (Å²) >= 11 is 0. The van der Waals surface area contributed by atoms with Crippen molar-refractivity contribution in [1.29, 1.82) is 0 Å². The van der Waals surface area contributed by atoms with E-state index >= 15 is 0 Å². The number of hydrogen-bond donors (Lipinski definition) is 1.